The van der Waals surface area contributed by atoms with Crippen molar-refractivity contribution in [3.63, 3.8) is 0 Å². The monoisotopic (exact) mass is 914 g/mol. The Morgan fingerprint density at radius 1 is 0.418 bits per heavy atom. The Hall–Kier alpha value is -5.57. The summed E-state index contributed by atoms with van der Waals surface area (Å²) in [5.74, 6) is -0.416. The topological polar surface area (TPSA) is 120 Å². The smallest absolute Gasteiger partial charge is 0.303 e. The molecule has 11 nitrogen and oxygen atoms in total. The summed E-state index contributed by atoms with van der Waals surface area (Å²) in [7, 11) is 0. The zero-order valence-electron chi connectivity index (χ0n) is 36.6. The third-order valence-corrected chi connectivity index (χ3v) is 10.7. The van der Waals surface area contributed by atoms with Crippen LogP contribution in [-0.4, -0.2) is 73.5 Å². The average molecular weight is 915 g/mol. The molecule has 2 aliphatic rings. The molecule has 356 valence electrons. The Kier molecular flexibility index (Phi) is 22.3. The molecule has 2 aliphatic heterocycles. The van der Waals surface area contributed by atoms with Crippen LogP contribution in [0.2, 0.25) is 0 Å². The summed E-state index contributed by atoms with van der Waals surface area (Å²) in [5, 5.41) is 10.9. The van der Waals surface area contributed by atoms with Gasteiger partial charge < -0.3 is 47.7 Å². The van der Waals surface area contributed by atoms with Crippen molar-refractivity contribution in [3.8, 4) is 0 Å². The molecule has 0 amide bonds. The SMILES string of the molecule is C.C.CC(=O)O[C@H]1C(OCc2ccccc2)[C@@H](COCc2ccccc2)O[C@@H]1OCc1ccccc1.O[C@H]1C(OCc2ccccc2)[C@@H](COCc2ccccc2)O[C@@H]1OCc1ccccc1. The first-order chi connectivity index (χ1) is 32.0. The molecule has 0 aliphatic carbocycles. The molecule has 2 unspecified atom stereocenters. The summed E-state index contributed by atoms with van der Waals surface area (Å²) in [5.41, 5.74) is 6.21. The lowest BCUT2D eigenvalue weighted by Crippen LogP contribution is -2.40. The summed E-state index contributed by atoms with van der Waals surface area (Å²) >= 11 is 0. The maximum Gasteiger partial charge on any atom is 0.303 e. The molecule has 8 rings (SSSR count). The summed E-state index contributed by atoms with van der Waals surface area (Å²) in [6.45, 7) is 4.28. The van der Waals surface area contributed by atoms with Gasteiger partial charge in [0, 0.05) is 6.92 Å². The summed E-state index contributed by atoms with van der Waals surface area (Å²) in [4.78, 5) is 11.9. The van der Waals surface area contributed by atoms with E-state index in [1.165, 1.54) is 6.92 Å². The van der Waals surface area contributed by atoms with Crippen LogP contribution in [0.4, 0.5) is 0 Å². The van der Waals surface area contributed by atoms with Crippen molar-refractivity contribution in [3.05, 3.63) is 215 Å². The molecule has 67 heavy (non-hydrogen) atoms. The van der Waals surface area contributed by atoms with E-state index in [-0.39, 0.29) is 21.5 Å². The van der Waals surface area contributed by atoms with Gasteiger partial charge in [0.25, 0.3) is 0 Å². The van der Waals surface area contributed by atoms with E-state index >= 15 is 0 Å². The van der Waals surface area contributed by atoms with Gasteiger partial charge >= 0.3 is 5.97 Å². The third kappa shape index (κ3) is 16.9. The van der Waals surface area contributed by atoms with Gasteiger partial charge in [0.15, 0.2) is 18.7 Å². The first-order valence-electron chi connectivity index (χ1n) is 22.0. The van der Waals surface area contributed by atoms with E-state index in [0.29, 0.717) is 46.2 Å². The molecule has 0 aromatic heterocycles. The van der Waals surface area contributed by atoms with Crippen LogP contribution < -0.4 is 0 Å². The Balaban J connectivity index is 0.000000244. The van der Waals surface area contributed by atoms with E-state index in [4.69, 9.17) is 42.6 Å². The summed E-state index contributed by atoms with van der Waals surface area (Å²) < 4.78 is 53.9. The highest BCUT2D eigenvalue weighted by Crippen LogP contribution is 2.31. The summed E-state index contributed by atoms with van der Waals surface area (Å²) in [6, 6.07) is 59.2. The number of ether oxygens (including phenoxy) is 9. The second-order valence-corrected chi connectivity index (χ2v) is 15.8. The lowest BCUT2D eigenvalue weighted by atomic mass is 10.1. The van der Waals surface area contributed by atoms with E-state index in [2.05, 4.69) is 0 Å². The molecule has 0 spiro atoms. The van der Waals surface area contributed by atoms with Crippen molar-refractivity contribution in [1.82, 2.24) is 0 Å². The number of carbonyl (C=O) groups is 1. The van der Waals surface area contributed by atoms with E-state index < -0.39 is 55.2 Å². The largest absolute Gasteiger partial charge is 0.454 e. The van der Waals surface area contributed by atoms with E-state index in [0.717, 1.165) is 33.4 Å². The van der Waals surface area contributed by atoms with Crippen LogP contribution in [0.3, 0.4) is 0 Å². The van der Waals surface area contributed by atoms with Crippen molar-refractivity contribution in [2.24, 2.45) is 0 Å². The maximum absolute atomic E-state index is 11.9. The van der Waals surface area contributed by atoms with Crippen LogP contribution >= 0.6 is 0 Å². The molecule has 2 saturated heterocycles. The van der Waals surface area contributed by atoms with Crippen LogP contribution in [0.25, 0.3) is 0 Å². The second kappa shape index (κ2) is 28.6. The third-order valence-electron chi connectivity index (χ3n) is 10.7. The van der Waals surface area contributed by atoms with Crippen molar-refractivity contribution in [2.45, 2.75) is 111 Å². The van der Waals surface area contributed by atoms with Crippen molar-refractivity contribution in [1.29, 1.82) is 0 Å². The van der Waals surface area contributed by atoms with Crippen LogP contribution in [0.1, 0.15) is 55.2 Å². The number of carbonyl (C=O) groups excluding carboxylic acids is 1. The quantitative estimate of drug-likeness (QED) is 0.0695. The molecule has 6 aromatic rings. The van der Waals surface area contributed by atoms with E-state index in [1.54, 1.807) is 0 Å². The fraction of sp³-hybridized carbons (Fsp3) is 0.339. The number of aliphatic hydroxyl groups is 1. The Morgan fingerprint density at radius 2 is 0.716 bits per heavy atom. The molecule has 1 N–H and O–H groups in total. The fourth-order valence-electron chi connectivity index (χ4n) is 7.43. The van der Waals surface area contributed by atoms with Gasteiger partial charge in [-0.1, -0.05) is 197 Å². The van der Waals surface area contributed by atoms with Crippen LogP contribution in [0.5, 0.6) is 0 Å². The maximum atomic E-state index is 11.9. The first-order valence-corrected chi connectivity index (χ1v) is 22.0. The number of esters is 1. The first kappa shape index (κ1) is 52.4. The van der Waals surface area contributed by atoms with Crippen molar-refractivity contribution < 1.29 is 52.5 Å². The molecule has 0 radical (unpaired) electrons. The minimum atomic E-state index is -0.905. The molecule has 8 atom stereocenters. The average Bonchev–Trinajstić information content (AvgIpc) is 3.83. The van der Waals surface area contributed by atoms with Crippen LogP contribution in [0, 0.1) is 0 Å². The highest BCUT2D eigenvalue weighted by Gasteiger charge is 2.49. The van der Waals surface area contributed by atoms with E-state index in [9.17, 15) is 9.90 Å². The molecular weight excluding hydrogens is 849 g/mol. The number of rotatable bonds is 21. The molecule has 2 fully saturated rings. The standard InChI is InChI=1S/C28H30O6.C26H28O5.2CH4/c1-21(29)33-27-26(31-18-23-13-7-3-8-14-23)25(20-30-17-22-11-5-2-6-12-22)34-28(27)32-19-24-15-9-4-10-16-24;27-24-25(29-17-21-12-6-2-7-13-21)23(19-28-16-20-10-4-1-5-11-20)31-26(24)30-18-22-14-8-3-9-15-22;;/h2-16,25-28H,17-20H2,1H3;1-15,23-27H,16-19H2;2*1H4/t25-,26?,27+,28+;23-,24+,25?,26+;;/m11../s1. The number of hydrogen-bond acceptors (Lipinski definition) is 11. The normalized spacial score (nSPS) is 21.8. The van der Waals surface area contributed by atoms with Crippen LogP contribution in [0.15, 0.2) is 182 Å². The van der Waals surface area contributed by atoms with Gasteiger partial charge in [-0.3, -0.25) is 4.79 Å². The molecule has 0 saturated carbocycles. The lowest BCUT2D eigenvalue weighted by Gasteiger charge is -2.24. The minimum absolute atomic E-state index is 0. The zero-order valence-corrected chi connectivity index (χ0v) is 36.6. The predicted molar refractivity (Wildman–Crippen MR) is 257 cm³/mol. The fourth-order valence-corrected chi connectivity index (χ4v) is 7.43. The van der Waals surface area contributed by atoms with Crippen LogP contribution in [-0.2, 0) is 87.1 Å². The Morgan fingerprint density at radius 3 is 1.09 bits per heavy atom. The van der Waals surface area contributed by atoms with Gasteiger partial charge in [-0.05, 0) is 33.4 Å². The second-order valence-electron chi connectivity index (χ2n) is 15.8. The molecule has 11 heteroatoms. The van der Waals surface area contributed by atoms with Gasteiger partial charge in [0.05, 0.1) is 52.9 Å². The van der Waals surface area contributed by atoms with Gasteiger partial charge in [0.2, 0.25) is 0 Å². The van der Waals surface area contributed by atoms with Gasteiger partial charge in [-0.15, -0.1) is 0 Å². The predicted octanol–water partition coefficient (Wildman–Crippen LogP) is 10.0. The Labute approximate surface area is 396 Å². The molecular formula is C56H66O11. The highest BCUT2D eigenvalue weighted by atomic mass is 16.7. The molecule has 6 aromatic carbocycles. The van der Waals surface area contributed by atoms with Crippen molar-refractivity contribution in [2.75, 3.05) is 13.2 Å². The molecule has 0 bridgehead atoms. The minimum Gasteiger partial charge on any atom is -0.454 e. The van der Waals surface area contributed by atoms with Gasteiger partial charge in [0.1, 0.15) is 30.5 Å². The van der Waals surface area contributed by atoms with Gasteiger partial charge in [-0.2, -0.15) is 0 Å². The highest BCUT2D eigenvalue weighted by molar-refractivity contribution is 5.66. The zero-order chi connectivity index (χ0) is 44.9. The molecule has 2 heterocycles. The number of hydrogen-bond donors (Lipinski definition) is 1. The van der Waals surface area contributed by atoms with Crippen molar-refractivity contribution >= 4 is 5.97 Å². The van der Waals surface area contributed by atoms with E-state index in [1.807, 2.05) is 182 Å². The number of benzene rings is 6. The lowest BCUT2D eigenvalue weighted by molar-refractivity contribution is -0.193. The Bertz CT molecular complexity index is 2200. The van der Waals surface area contributed by atoms with Gasteiger partial charge in [-0.25, -0.2) is 0 Å². The summed E-state index contributed by atoms with van der Waals surface area (Å²) in [6.07, 6.45) is -5.13. The number of aliphatic hydroxyl groups excluding tert-OH is 1.